The summed E-state index contributed by atoms with van der Waals surface area (Å²) in [5.74, 6) is 1.19. The van der Waals surface area contributed by atoms with Gasteiger partial charge in [-0.3, -0.25) is 0 Å². The minimum Gasteiger partial charge on any atom is -0.345 e. The molecule has 112 valence electrons. The van der Waals surface area contributed by atoms with Crippen LogP contribution in [-0.2, 0) is 6.42 Å². The van der Waals surface area contributed by atoms with Crippen molar-refractivity contribution in [3.8, 4) is 0 Å². The summed E-state index contributed by atoms with van der Waals surface area (Å²) in [4.78, 5) is 2.38. The Hall–Kier alpha value is -0.780. The van der Waals surface area contributed by atoms with Gasteiger partial charge in [0.25, 0.3) is 0 Å². The average Bonchev–Trinajstić information content (AvgIpc) is 2.98. The number of halogens is 1. The van der Waals surface area contributed by atoms with Crippen molar-refractivity contribution in [2.75, 3.05) is 23.7 Å². The van der Waals surface area contributed by atoms with Crippen molar-refractivity contribution in [1.29, 1.82) is 0 Å². The summed E-state index contributed by atoms with van der Waals surface area (Å²) < 4.78 is 0. The van der Waals surface area contributed by atoms with Crippen LogP contribution < -0.4 is 4.90 Å². The SMILES string of the molecule is CCC1CN(c2nnc(Cc3ccc(Cl)cc3)s2)CCS1. The Bertz CT molecular complexity index is 585. The molecule has 0 amide bonds. The van der Waals surface area contributed by atoms with Gasteiger partial charge in [0.1, 0.15) is 5.01 Å². The normalized spacial score (nSPS) is 19.0. The molecule has 1 aliphatic rings. The van der Waals surface area contributed by atoms with E-state index in [1.807, 2.05) is 24.3 Å². The maximum atomic E-state index is 5.91. The molecule has 0 aliphatic carbocycles. The molecule has 0 saturated carbocycles. The van der Waals surface area contributed by atoms with E-state index in [0.717, 1.165) is 39.9 Å². The van der Waals surface area contributed by atoms with Crippen LogP contribution >= 0.6 is 34.7 Å². The Labute approximate surface area is 138 Å². The lowest BCUT2D eigenvalue weighted by atomic mass is 10.2. The highest BCUT2D eigenvalue weighted by Gasteiger charge is 2.21. The number of hydrogen-bond acceptors (Lipinski definition) is 5. The molecule has 1 saturated heterocycles. The lowest BCUT2D eigenvalue weighted by molar-refractivity contribution is 0.722. The van der Waals surface area contributed by atoms with Crippen LogP contribution in [0.4, 0.5) is 5.13 Å². The van der Waals surface area contributed by atoms with Gasteiger partial charge < -0.3 is 4.90 Å². The number of benzene rings is 1. The van der Waals surface area contributed by atoms with Crippen LogP contribution in [0.15, 0.2) is 24.3 Å². The quantitative estimate of drug-likeness (QED) is 0.838. The van der Waals surface area contributed by atoms with Gasteiger partial charge in [-0.1, -0.05) is 42.0 Å². The summed E-state index contributed by atoms with van der Waals surface area (Å²) in [6.07, 6.45) is 2.05. The highest BCUT2D eigenvalue weighted by Crippen LogP contribution is 2.28. The first-order valence-electron chi connectivity index (χ1n) is 7.18. The molecule has 0 radical (unpaired) electrons. The zero-order chi connectivity index (χ0) is 14.7. The van der Waals surface area contributed by atoms with Crippen molar-refractivity contribution in [1.82, 2.24) is 10.2 Å². The molecule has 3 rings (SSSR count). The van der Waals surface area contributed by atoms with E-state index in [2.05, 4.69) is 33.8 Å². The summed E-state index contributed by atoms with van der Waals surface area (Å²) in [6.45, 7) is 4.43. The van der Waals surface area contributed by atoms with E-state index in [1.165, 1.54) is 17.7 Å². The molecule has 0 bridgehead atoms. The van der Waals surface area contributed by atoms with Crippen LogP contribution in [0.2, 0.25) is 5.02 Å². The predicted octanol–water partition coefficient (Wildman–Crippen LogP) is 4.11. The maximum absolute atomic E-state index is 5.91. The van der Waals surface area contributed by atoms with E-state index >= 15 is 0 Å². The number of rotatable bonds is 4. The molecule has 0 spiro atoms. The monoisotopic (exact) mass is 339 g/mol. The van der Waals surface area contributed by atoms with Crippen molar-refractivity contribution >= 4 is 39.8 Å². The van der Waals surface area contributed by atoms with Gasteiger partial charge in [-0.2, -0.15) is 11.8 Å². The van der Waals surface area contributed by atoms with E-state index in [0.29, 0.717) is 0 Å². The number of nitrogens with zero attached hydrogens (tertiary/aromatic N) is 3. The second kappa shape index (κ2) is 6.99. The van der Waals surface area contributed by atoms with Crippen molar-refractivity contribution < 1.29 is 0 Å². The number of anilines is 1. The van der Waals surface area contributed by atoms with Gasteiger partial charge in [-0.15, -0.1) is 10.2 Å². The third-order valence-electron chi connectivity index (χ3n) is 3.59. The van der Waals surface area contributed by atoms with E-state index < -0.39 is 0 Å². The van der Waals surface area contributed by atoms with Crippen LogP contribution in [-0.4, -0.2) is 34.3 Å². The maximum Gasteiger partial charge on any atom is 0.208 e. The third-order valence-corrected chi connectivity index (χ3v) is 6.20. The molecular formula is C15H18ClN3S2. The van der Waals surface area contributed by atoms with Crippen molar-refractivity contribution in [3.63, 3.8) is 0 Å². The van der Waals surface area contributed by atoms with Crippen molar-refractivity contribution in [2.24, 2.45) is 0 Å². The van der Waals surface area contributed by atoms with Gasteiger partial charge in [0.2, 0.25) is 5.13 Å². The van der Waals surface area contributed by atoms with E-state index in [9.17, 15) is 0 Å². The van der Waals surface area contributed by atoms with Gasteiger partial charge in [-0.25, -0.2) is 0 Å². The lowest BCUT2D eigenvalue weighted by Gasteiger charge is -2.31. The Kier molecular flexibility index (Phi) is 5.03. The van der Waals surface area contributed by atoms with Gasteiger partial charge >= 0.3 is 0 Å². The van der Waals surface area contributed by atoms with Gasteiger partial charge in [0, 0.05) is 35.5 Å². The smallest absolute Gasteiger partial charge is 0.208 e. The van der Waals surface area contributed by atoms with Gasteiger partial charge in [0.15, 0.2) is 0 Å². The molecular weight excluding hydrogens is 322 g/mol. The summed E-state index contributed by atoms with van der Waals surface area (Å²) in [7, 11) is 0. The molecule has 2 heterocycles. The third kappa shape index (κ3) is 3.90. The molecule has 1 atom stereocenters. The minimum absolute atomic E-state index is 0.724. The molecule has 1 unspecified atom stereocenters. The number of hydrogen-bond donors (Lipinski definition) is 0. The molecule has 1 aliphatic heterocycles. The fraction of sp³-hybridized carbons (Fsp3) is 0.467. The Balaban J connectivity index is 1.67. The first-order chi connectivity index (χ1) is 10.2. The second-order valence-corrected chi connectivity index (χ2v) is 8.01. The first-order valence-corrected chi connectivity index (χ1v) is 9.42. The number of aromatic nitrogens is 2. The predicted molar refractivity (Wildman–Crippen MR) is 92.9 cm³/mol. The molecule has 1 aromatic carbocycles. The topological polar surface area (TPSA) is 29.0 Å². The number of thioether (sulfide) groups is 1. The summed E-state index contributed by atoms with van der Waals surface area (Å²) in [5, 5.41) is 12.4. The molecule has 21 heavy (non-hydrogen) atoms. The van der Waals surface area contributed by atoms with Crippen LogP contribution in [0.3, 0.4) is 0 Å². The Morgan fingerprint density at radius 3 is 2.86 bits per heavy atom. The van der Waals surface area contributed by atoms with Crippen molar-refractivity contribution in [3.05, 3.63) is 39.9 Å². The highest BCUT2D eigenvalue weighted by molar-refractivity contribution is 8.00. The fourth-order valence-electron chi connectivity index (χ4n) is 2.36. The van der Waals surface area contributed by atoms with Crippen LogP contribution in [0.1, 0.15) is 23.9 Å². The highest BCUT2D eigenvalue weighted by atomic mass is 35.5. The largest absolute Gasteiger partial charge is 0.345 e. The summed E-state index contributed by atoms with van der Waals surface area (Å²) in [6, 6.07) is 7.95. The molecule has 0 N–H and O–H groups in total. The summed E-state index contributed by atoms with van der Waals surface area (Å²) >= 11 is 9.70. The van der Waals surface area contributed by atoms with Crippen LogP contribution in [0, 0.1) is 0 Å². The van der Waals surface area contributed by atoms with Gasteiger partial charge in [0.05, 0.1) is 0 Å². The fourth-order valence-corrected chi connectivity index (χ4v) is 4.57. The molecule has 3 nitrogen and oxygen atoms in total. The Morgan fingerprint density at radius 1 is 1.29 bits per heavy atom. The molecule has 6 heteroatoms. The minimum atomic E-state index is 0.724. The average molecular weight is 340 g/mol. The van der Waals surface area contributed by atoms with Crippen LogP contribution in [0.25, 0.3) is 0 Å². The van der Waals surface area contributed by atoms with E-state index in [4.69, 9.17) is 11.6 Å². The zero-order valence-electron chi connectivity index (χ0n) is 12.0. The summed E-state index contributed by atoms with van der Waals surface area (Å²) in [5.41, 5.74) is 1.22. The molecule has 1 aromatic heterocycles. The molecule has 2 aromatic rings. The van der Waals surface area contributed by atoms with E-state index in [-0.39, 0.29) is 0 Å². The van der Waals surface area contributed by atoms with Crippen molar-refractivity contribution in [2.45, 2.75) is 25.0 Å². The molecule has 1 fully saturated rings. The second-order valence-electron chi connectivity index (χ2n) is 5.13. The van der Waals surface area contributed by atoms with Gasteiger partial charge in [-0.05, 0) is 24.1 Å². The Morgan fingerprint density at radius 2 is 2.10 bits per heavy atom. The first kappa shape index (κ1) is 15.1. The standard InChI is InChI=1S/C15H18ClN3S2/c1-2-13-10-19(7-8-20-13)15-18-17-14(21-15)9-11-3-5-12(16)6-4-11/h3-6,13H,2,7-10H2,1H3. The lowest BCUT2D eigenvalue weighted by Crippen LogP contribution is -2.37. The zero-order valence-corrected chi connectivity index (χ0v) is 14.3. The van der Waals surface area contributed by atoms with Crippen LogP contribution in [0.5, 0.6) is 0 Å². The van der Waals surface area contributed by atoms with E-state index in [1.54, 1.807) is 11.3 Å².